The minimum absolute atomic E-state index is 0.0234. The number of benzene rings is 2. The Morgan fingerprint density at radius 2 is 1.91 bits per heavy atom. The molecule has 8 heteroatoms. The molecule has 5 rings (SSSR count). The summed E-state index contributed by atoms with van der Waals surface area (Å²) in [5, 5.41) is 14.0. The molecule has 0 radical (unpaired) electrons. The van der Waals surface area contributed by atoms with Crippen LogP contribution in [-0.4, -0.2) is 63.4 Å². The monoisotopic (exact) mass is 471 g/mol. The second-order valence-corrected chi connectivity index (χ2v) is 8.68. The summed E-state index contributed by atoms with van der Waals surface area (Å²) in [6.45, 7) is 4.32. The van der Waals surface area contributed by atoms with Crippen LogP contribution in [0.3, 0.4) is 0 Å². The van der Waals surface area contributed by atoms with Crippen LogP contribution in [0.2, 0.25) is 0 Å². The number of amides is 1. The van der Waals surface area contributed by atoms with Gasteiger partial charge < -0.3 is 24.6 Å². The lowest BCUT2D eigenvalue weighted by Gasteiger charge is -2.26. The maximum atomic E-state index is 13.2. The van der Waals surface area contributed by atoms with Crippen molar-refractivity contribution in [3.8, 4) is 5.69 Å². The van der Waals surface area contributed by atoms with Gasteiger partial charge >= 0.3 is 0 Å². The fraction of sp³-hybridized carbons (Fsp3) is 0.296. The van der Waals surface area contributed by atoms with E-state index in [4.69, 9.17) is 4.74 Å². The summed E-state index contributed by atoms with van der Waals surface area (Å²) in [4.78, 5) is 24.0. The second kappa shape index (κ2) is 10.2. The highest BCUT2D eigenvalue weighted by molar-refractivity contribution is 5.96. The van der Waals surface area contributed by atoms with Crippen LogP contribution in [0, 0.1) is 0 Å². The Kier molecular flexibility index (Phi) is 6.74. The molecule has 0 bridgehead atoms. The Bertz CT molecular complexity index is 1320. The standard InChI is InChI=1S/C27H29N5O3/c1-19(20-5-3-2-4-6-20)30-26-23-15-22(7-8-25(23)28-18-29-26)32-16-21(9-12-33)24(17-32)27(34)31-10-13-35-14-11-31/h2-8,15-19,33H,9-14H2,1H3,(H,28,29,30). The number of anilines is 1. The van der Waals surface area contributed by atoms with E-state index in [0.717, 1.165) is 28.0 Å². The number of carbonyl (C=O) groups excluding carboxylic acids is 1. The van der Waals surface area contributed by atoms with Crippen LogP contribution in [-0.2, 0) is 11.2 Å². The lowest BCUT2D eigenvalue weighted by Crippen LogP contribution is -2.40. The van der Waals surface area contributed by atoms with E-state index in [0.29, 0.717) is 38.3 Å². The van der Waals surface area contributed by atoms with Gasteiger partial charge in [-0.2, -0.15) is 0 Å². The van der Waals surface area contributed by atoms with Gasteiger partial charge in [0.25, 0.3) is 5.91 Å². The predicted octanol–water partition coefficient (Wildman–Crippen LogP) is 3.60. The number of carbonyl (C=O) groups is 1. The number of fused-ring (bicyclic) bond motifs is 1. The lowest BCUT2D eigenvalue weighted by atomic mass is 10.1. The van der Waals surface area contributed by atoms with Gasteiger partial charge in [-0.3, -0.25) is 4.79 Å². The summed E-state index contributed by atoms with van der Waals surface area (Å²) >= 11 is 0. The van der Waals surface area contributed by atoms with Crippen LogP contribution in [0.4, 0.5) is 5.82 Å². The molecular weight excluding hydrogens is 442 g/mol. The molecule has 2 N–H and O–H groups in total. The van der Waals surface area contributed by atoms with Crippen molar-refractivity contribution in [1.29, 1.82) is 0 Å². The van der Waals surface area contributed by atoms with Gasteiger partial charge in [-0.05, 0) is 42.7 Å². The molecule has 0 aliphatic carbocycles. The first-order valence-electron chi connectivity index (χ1n) is 11.9. The zero-order valence-corrected chi connectivity index (χ0v) is 19.7. The number of hydrogen-bond acceptors (Lipinski definition) is 6. The number of ether oxygens (including phenoxy) is 1. The molecule has 3 heterocycles. The maximum Gasteiger partial charge on any atom is 0.255 e. The topological polar surface area (TPSA) is 92.5 Å². The molecule has 4 aromatic rings. The Morgan fingerprint density at radius 1 is 1.11 bits per heavy atom. The molecule has 180 valence electrons. The summed E-state index contributed by atoms with van der Waals surface area (Å²) in [6.07, 6.45) is 5.76. The van der Waals surface area contributed by atoms with Crippen LogP contribution < -0.4 is 5.32 Å². The molecule has 1 aliphatic rings. The summed E-state index contributed by atoms with van der Waals surface area (Å²) in [6, 6.07) is 16.3. The molecule has 1 saturated heterocycles. The Morgan fingerprint density at radius 3 is 2.69 bits per heavy atom. The van der Waals surface area contributed by atoms with E-state index in [1.165, 1.54) is 5.56 Å². The number of aliphatic hydroxyl groups is 1. The van der Waals surface area contributed by atoms with Gasteiger partial charge in [-0.25, -0.2) is 9.97 Å². The number of rotatable bonds is 7. The molecule has 0 saturated carbocycles. The van der Waals surface area contributed by atoms with Crippen LogP contribution in [0.25, 0.3) is 16.6 Å². The minimum Gasteiger partial charge on any atom is -0.396 e. The SMILES string of the molecule is CC(Nc1ncnc2ccc(-n3cc(CCO)c(C(=O)N4CCOCC4)c3)cc12)c1ccccc1. The molecule has 2 aromatic heterocycles. The molecule has 1 fully saturated rings. The Balaban J connectivity index is 1.49. The first kappa shape index (κ1) is 23.0. The highest BCUT2D eigenvalue weighted by Crippen LogP contribution is 2.27. The molecule has 35 heavy (non-hydrogen) atoms. The normalized spacial score (nSPS) is 14.7. The van der Waals surface area contributed by atoms with Crippen molar-refractivity contribution in [1.82, 2.24) is 19.4 Å². The molecule has 1 aliphatic heterocycles. The van der Waals surface area contributed by atoms with Crippen LogP contribution in [0.1, 0.15) is 34.5 Å². The zero-order valence-electron chi connectivity index (χ0n) is 19.7. The van der Waals surface area contributed by atoms with E-state index in [1.54, 1.807) is 6.33 Å². The molecule has 1 amide bonds. The second-order valence-electron chi connectivity index (χ2n) is 8.68. The lowest BCUT2D eigenvalue weighted by molar-refractivity contribution is 0.0302. The third-order valence-electron chi connectivity index (χ3n) is 6.39. The van der Waals surface area contributed by atoms with E-state index in [2.05, 4.69) is 34.3 Å². The van der Waals surface area contributed by atoms with Crippen molar-refractivity contribution in [2.45, 2.75) is 19.4 Å². The minimum atomic E-state index is -0.0290. The third-order valence-corrected chi connectivity index (χ3v) is 6.39. The number of nitrogens with one attached hydrogen (secondary N) is 1. The molecule has 8 nitrogen and oxygen atoms in total. The number of aliphatic hydroxyl groups excluding tert-OH is 1. The van der Waals surface area contributed by atoms with Crippen molar-refractivity contribution >= 4 is 22.6 Å². The third kappa shape index (κ3) is 4.89. The fourth-order valence-corrected chi connectivity index (χ4v) is 4.45. The van der Waals surface area contributed by atoms with Crippen molar-refractivity contribution < 1.29 is 14.6 Å². The largest absolute Gasteiger partial charge is 0.396 e. The number of morpholine rings is 1. The van der Waals surface area contributed by atoms with Gasteiger partial charge in [0, 0.05) is 49.2 Å². The molecule has 2 aromatic carbocycles. The highest BCUT2D eigenvalue weighted by atomic mass is 16.5. The Labute approximate surface area is 204 Å². The summed E-state index contributed by atoms with van der Waals surface area (Å²) < 4.78 is 7.33. The molecule has 1 atom stereocenters. The van der Waals surface area contributed by atoms with Gasteiger partial charge in [-0.15, -0.1) is 0 Å². The quantitative estimate of drug-likeness (QED) is 0.428. The maximum absolute atomic E-state index is 13.2. The van der Waals surface area contributed by atoms with Crippen LogP contribution in [0.15, 0.2) is 67.3 Å². The van der Waals surface area contributed by atoms with Crippen LogP contribution in [0.5, 0.6) is 0 Å². The fourth-order valence-electron chi connectivity index (χ4n) is 4.45. The van der Waals surface area contributed by atoms with Gasteiger partial charge in [0.2, 0.25) is 0 Å². The van der Waals surface area contributed by atoms with Gasteiger partial charge in [0.05, 0.1) is 24.3 Å². The van der Waals surface area contributed by atoms with Gasteiger partial charge in [-0.1, -0.05) is 30.3 Å². The van der Waals surface area contributed by atoms with E-state index < -0.39 is 0 Å². The van der Waals surface area contributed by atoms with Gasteiger partial charge in [0.15, 0.2) is 0 Å². The van der Waals surface area contributed by atoms with Crippen LogP contribution >= 0.6 is 0 Å². The molecule has 1 unspecified atom stereocenters. The average molecular weight is 472 g/mol. The summed E-state index contributed by atoms with van der Waals surface area (Å²) in [7, 11) is 0. The first-order chi connectivity index (χ1) is 17.1. The van der Waals surface area contributed by atoms with Gasteiger partial charge in [0.1, 0.15) is 12.1 Å². The van der Waals surface area contributed by atoms with Crippen molar-refractivity contribution in [3.05, 3.63) is 83.9 Å². The molecule has 0 spiro atoms. The predicted molar refractivity (Wildman–Crippen MR) is 135 cm³/mol. The van der Waals surface area contributed by atoms with E-state index in [9.17, 15) is 9.90 Å². The average Bonchev–Trinajstić information content (AvgIpc) is 3.33. The smallest absolute Gasteiger partial charge is 0.255 e. The van der Waals surface area contributed by atoms with E-state index in [1.807, 2.05) is 58.3 Å². The van der Waals surface area contributed by atoms with E-state index >= 15 is 0 Å². The summed E-state index contributed by atoms with van der Waals surface area (Å²) in [5.41, 5.74) is 4.33. The number of aromatic nitrogens is 3. The van der Waals surface area contributed by atoms with Crippen molar-refractivity contribution in [2.75, 3.05) is 38.2 Å². The molecular formula is C27H29N5O3. The van der Waals surface area contributed by atoms with Crippen molar-refractivity contribution in [3.63, 3.8) is 0 Å². The number of nitrogens with zero attached hydrogens (tertiary/aromatic N) is 4. The highest BCUT2D eigenvalue weighted by Gasteiger charge is 2.23. The summed E-state index contributed by atoms with van der Waals surface area (Å²) in [5.74, 6) is 0.722. The Hall–Kier alpha value is -3.75. The van der Waals surface area contributed by atoms with Crippen molar-refractivity contribution in [2.24, 2.45) is 0 Å². The zero-order chi connectivity index (χ0) is 24.2. The number of hydrogen-bond donors (Lipinski definition) is 2. The first-order valence-corrected chi connectivity index (χ1v) is 11.9. The van der Waals surface area contributed by atoms with E-state index in [-0.39, 0.29) is 18.6 Å².